The van der Waals surface area contributed by atoms with Crippen LogP contribution in [0.25, 0.3) is 0 Å². The third kappa shape index (κ3) is 2.90. The summed E-state index contributed by atoms with van der Waals surface area (Å²) in [5.74, 6) is 1.75. The van der Waals surface area contributed by atoms with Gasteiger partial charge in [-0.2, -0.15) is 0 Å². The molecule has 94 valence electrons. The Hall–Kier alpha value is -0.820. The predicted octanol–water partition coefficient (Wildman–Crippen LogP) is 4.16. The fourth-order valence-electron chi connectivity index (χ4n) is 3.22. The molecule has 2 rings (SSSR count). The number of rotatable bonds is 4. The first-order valence-electron chi connectivity index (χ1n) is 7.03. The zero-order chi connectivity index (χ0) is 12.3. The van der Waals surface area contributed by atoms with Crippen LogP contribution >= 0.6 is 0 Å². The van der Waals surface area contributed by atoms with Crippen molar-refractivity contribution in [2.24, 2.45) is 11.8 Å². The molecule has 1 heteroatoms. The Morgan fingerprint density at radius 2 is 1.94 bits per heavy atom. The summed E-state index contributed by atoms with van der Waals surface area (Å²) in [7, 11) is 0. The van der Waals surface area contributed by atoms with Crippen LogP contribution < -0.4 is 5.32 Å². The van der Waals surface area contributed by atoms with E-state index in [1.54, 1.807) is 0 Å². The average molecular weight is 231 g/mol. The van der Waals surface area contributed by atoms with E-state index in [2.05, 4.69) is 56.4 Å². The van der Waals surface area contributed by atoms with Crippen molar-refractivity contribution in [3.8, 4) is 0 Å². The van der Waals surface area contributed by atoms with Gasteiger partial charge in [0.2, 0.25) is 0 Å². The second-order valence-corrected chi connectivity index (χ2v) is 5.51. The molecule has 0 amide bonds. The van der Waals surface area contributed by atoms with E-state index in [9.17, 15) is 0 Å². The highest BCUT2D eigenvalue weighted by molar-refractivity contribution is 5.18. The van der Waals surface area contributed by atoms with Gasteiger partial charge in [0.15, 0.2) is 0 Å². The van der Waals surface area contributed by atoms with Gasteiger partial charge in [-0.3, -0.25) is 0 Å². The van der Waals surface area contributed by atoms with Crippen LogP contribution in [0.1, 0.15) is 51.6 Å². The second kappa shape index (κ2) is 5.68. The molecule has 4 atom stereocenters. The van der Waals surface area contributed by atoms with Gasteiger partial charge in [-0.05, 0) is 37.2 Å². The standard InChI is InChI=1S/C16H25N/c1-4-14-10-11-16(12(14)2)17-13(3)15-8-6-5-7-9-15/h5-9,12-14,16-17H,4,10-11H2,1-3H3. The average Bonchev–Trinajstić information content (AvgIpc) is 2.71. The maximum Gasteiger partial charge on any atom is 0.0294 e. The van der Waals surface area contributed by atoms with Crippen molar-refractivity contribution in [3.05, 3.63) is 35.9 Å². The maximum absolute atomic E-state index is 3.81. The Kier molecular flexibility index (Phi) is 4.22. The highest BCUT2D eigenvalue weighted by atomic mass is 15.0. The maximum atomic E-state index is 3.81. The van der Waals surface area contributed by atoms with Crippen molar-refractivity contribution in [1.82, 2.24) is 5.32 Å². The van der Waals surface area contributed by atoms with Crippen LogP contribution in [0.15, 0.2) is 30.3 Å². The van der Waals surface area contributed by atoms with Crippen LogP contribution in [0.3, 0.4) is 0 Å². The zero-order valence-corrected chi connectivity index (χ0v) is 11.3. The first-order chi connectivity index (χ1) is 8.22. The SMILES string of the molecule is CCC1CCC(NC(C)c2ccccc2)C1C. The molecule has 1 aliphatic rings. The van der Waals surface area contributed by atoms with Gasteiger partial charge in [-0.15, -0.1) is 0 Å². The summed E-state index contributed by atoms with van der Waals surface area (Å²) in [6.07, 6.45) is 4.08. The highest BCUT2D eigenvalue weighted by Crippen LogP contribution is 2.35. The Balaban J connectivity index is 1.94. The topological polar surface area (TPSA) is 12.0 Å². The molecule has 1 aromatic carbocycles. The molecular formula is C16H25N. The zero-order valence-electron chi connectivity index (χ0n) is 11.3. The van der Waals surface area contributed by atoms with Gasteiger partial charge in [-0.25, -0.2) is 0 Å². The summed E-state index contributed by atoms with van der Waals surface area (Å²) < 4.78 is 0. The second-order valence-electron chi connectivity index (χ2n) is 5.51. The van der Waals surface area contributed by atoms with Crippen LogP contribution in [0, 0.1) is 11.8 Å². The largest absolute Gasteiger partial charge is 0.307 e. The summed E-state index contributed by atoms with van der Waals surface area (Å²) in [5, 5.41) is 3.81. The Bertz CT molecular complexity index is 333. The molecule has 17 heavy (non-hydrogen) atoms. The molecule has 1 aliphatic carbocycles. The van der Waals surface area contributed by atoms with E-state index in [0.717, 1.165) is 11.8 Å². The van der Waals surface area contributed by atoms with Gasteiger partial charge in [0, 0.05) is 12.1 Å². The van der Waals surface area contributed by atoms with Gasteiger partial charge < -0.3 is 5.32 Å². The van der Waals surface area contributed by atoms with E-state index in [1.165, 1.54) is 24.8 Å². The Morgan fingerprint density at radius 1 is 1.24 bits per heavy atom. The lowest BCUT2D eigenvalue weighted by Gasteiger charge is -2.25. The fourth-order valence-corrected chi connectivity index (χ4v) is 3.22. The molecular weight excluding hydrogens is 206 g/mol. The predicted molar refractivity (Wildman–Crippen MR) is 74.0 cm³/mol. The van der Waals surface area contributed by atoms with Gasteiger partial charge in [-0.1, -0.05) is 50.6 Å². The minimum absolute atomic E-state index is 0.472. The van der Waals surface area contributed by atoms with Crippen molar-refractivity contribution < 1.29 is 0 Å². The van der Waals surface area contributed by atoms with Gasteiger partial charge in [0.25, 0.3) is 0 Å². The summed E-state index contributed by atoms with van der Waals surface area (Å²) >= 11 is 0. The molecule has 0 saturated heterocycles. The molecule has 1 saturated carbocycles. The van der Waals surface area contributed by atoms with Crippen LogP contribution in [-0.2, 0) is 0 Å². The lowest BCUT2D eigenvalue weighted by molar-refractivity contribution is 0.327. The molecule has 4 unspecified atom stereocenters. The van der Waals surface area contributed by atoms with E-state index in [-0.39, 0.29) is 0 Å². The number of nitrogens with one attached hydrogen (secondary N) is 1. The summed E-state index contributed by atoms with van der Waals surface area (Å²) in [6.45, 7) is 7.02. The van der Waals surface area contributed by atoms with Crippen molar-refractivity contribution in [2.75, 3.05) is 0 Å². The first kappa shape index (κ1) is 12.6. The Morgan fingerprint density at radius 3 is 2.53 bits per heavy atom. The molecule has 1 nitrogen and oxygen atoms in total. The molecule has 1 fully saturated rings. The number of hydrogen-bond acceptors (Lipinski definition) is 1. The summed E-state index contributed by atoms with van der Waals surface area (Å²) in [4.78, 5) is 0. The van der Waals surface area contributed by atoms with E-state index < -0.39 is 0 Å². The summed E-state index contributed by atoms with van der Waals surface area (Å²) in [5.41, 5.74) is 1.40. The van der Waals surface area contributed by atoms with Crippen LogP contribution in [0.4, 0.5) is 0 Å². The lowest BCUT2D eigenvalue weighted by Crippen LogP contribution is -2.34. The molecule has 0 spiro atoms. The molecule has 1 N–H and O–H groups in total. The molecule has 1 aromatic rings. The van der Waals surface area contributed by atoms with E-state index >= 15 is 0 Å². The van der Waals surface area contributed by atoms with Crippen molar-refractivity contribution >= 4 is 0 Å². The highest BCUT2D eigenvalue weighted by Gasteiger charge is 2.31. The lowest BCUT2D eigenvalue weighted by atomic mass is 9.93. The van der Waals surface area contributed by atoms with Crippen LogP contribution in [-0.4, -0.2) is 6.04 Å². The monoisotopic (exact) mass is 231 g/mol. The van der Waals surface area contributed by atoms with Gasteiger partial charge in [0.1, 0.15) is 0 Å². The van der Waals surface area contributed by atoms with Gasteiger partial charge >= 0.3 is 0 Å². The molecule has 0 heterocycles. The van der Waals surface area contributed by atoms with Crippen LogP contribution in [0.5, 0.6) is 0 Å². The first-order valence-corrected chi connectivity index (χ1v) is 7.03. The summed E-state index contributed by atoms with van der Waals surface area (Å²) in [6, 6.07) is 11.9. The minimum Gasteiger partial charge on any atom is -0.307 e. The normalized spacial score (nSPS) is 30.4. The van der Waals surface area contributed by atoms with Crippen molar-refractivity contribution in [3.63, 3.8) is 0 Å². The fraction of sp³-hybridized carbons (Fsp3) is 0.625. The van der Waals surface area contributed by atoms with Crippen molar-refractivity contribution in [2.45, 2.75) is 52.1 Å². The molecule has 0 aromatic heterocycles. The molecule has 0 aliphatic heterocycles. The Labute approximate surface area is 106 Å². The number of benzene rings is 1. The minimum atomic E-state index is 0.472. The van der Waals surface area contributed by atoms with E-state index in [1.807, 2.05) is 0 Å². The smallest absolute Gasteiger partial charge is 0.0294 e. The third-order valence-corrected chi connectivity index (χ3v) is 4.51. The molecule has 0 bridgehead atoms. The number of hydrogen-bond donors (Lipinski definition) is 1. The molecule has 0 radical (unpaired) electrons. The third-order valence-electron chi connectivity index (χ3n) is 4.51. The quantitative estimate of drug-likeness (QED) is 0.820. The van der Waals surface area contributed by atoms with Crippen molar-refractivity contribution in [1.29, 1.82) is 0 Å². The van der Waals surface area contributed by atoms with E-state index in [0.29, 0.717) is 12.1 Å². The van der Waals surface area contributed by atoms with Crippen LogP contribution in [0.2, 0.25) is 0 Å². The van der Waals surface area contributed by atoms with E-state index in [4.69, 9.17) is 0 Å². The van der Waals surface area contributed by atoms with Gasteiger partial charge in [0.05, 0.1) is 0 Å².